The van der Waals surface area contributed by atoms with Crippen molar-refractivity contribution in [3.63, 3.8) is 0 Å². The van der Waals surface area contributed by atoms with Crippen molar-refractivity contribution < 1.29 is 18.7 Å². The summed E-state index contributed by atoms with van der Waals surface area (Å²) < 4.78 is 18.5. The number of amides is 1. The number of rotatable bonds is 6. The first-order chi connectivity index (χ1) is 13.0. The van der Waals surface area contributed by atoms with Gasteiger partial charge in [-0.15, -0.1) is 0 Å². The third kappa shape index (κ3) is 4.23. The van der Waals surface area contributed by atoms with Crippen molar-refractivity contribution in [2.45, 2.75) is 38.5 Å². The maximum absolute atomic E-state index is 13.5. The summed E-state index contributed by atoms with van der Waals surface area (Å²) in [5, 5.41) is 2.98. The van der Waals surface area contributed by atoms with Crippen molar-refractivity contribution in [3.05, 3.63) is 41.7 Å². The molecule has 4 bridgehead atoms. The van der Waals surface area contributed by atoms with E-state index in [4.69, 9.17) is 4.74 Å². The van der Waals surface area contributed by atoms with Crippen LogP contribution in [0.1, 0.15) is 44.1 Å². The first kappa shape index (κ1) is 18.2. The summed E-state index contributed by atoms with van der Waals surface area (Å²) >= 11 is 0. The fourth-order valence-corrected chi connectivity index (χ4v) is 5.80. The number of hydrogen-bond donors (Lipinski definition) is 1. The minimum atomic E-state index is -0.650. The third-order valence-corrected chi connectivity index (χ3v) is 6.48. The number of hydrogen-bond acceptors (Lipinski definition) is 3. The minimum absolute atomic E-state index is 0.263. The summed E-state index contributed by atoms with van der Waals surface area (Å²) in [6, 6.07) is 6.16. The molecule has 0 atom stereocenters. The van der Waals surface area contributed by atoms with Gasteiger partial charge in [-0.2, -0.15) is 0 Å². The quantitative estimate of drug-likeness (QED) is 0.613. The number of nitrogens with one attached hydrogen (secondary N) is 1. The van der Waals surface area contributed by atoms with Crippen molar-refractivity contribution in [3.8, 4) is 0 Å². The predicted molar refractivity (Wildman–Crippen MR) is 100 cm³/mol. The van der Waals surface area contributed by atoms with Crippen molar-refractivity contribution in [1.82, 2.24) is 5.32 Å². The van der Waals surface area contributed by atoms with Crippen LogP contribution in [0.2, 0.25) is 0 Å². The van der Waals surface area contributed by atoms with E-state index < -0.39 is 11.8 Å². The molecule has 4 aliphatic rings. The average molecular weight is 371 g/mol. The van der Waals surface area contributed by atoms with E-state index in [0.717, 1.165) is 23.8 Å². The van der Waals surface area contributed by atoms with Crippen LogP contribution in [0.25, 0.3) is 6.08 Å². The van der Waals surface area contributed by atoms with Crippen LogP contribution in [0.3, 0.4) is 0 Å². The Balaban J connectivity index is 1.22. The fraction of sp³-hybridized carbons (Fsp3) is 0.545. The van der Waals surface area contributed by atoms with Gasteiger partial charge in [0.05, 0.1) is 0 Å². The molecule has 144 valence electrons. The molecule has 4 nitrogen and oxygen atoms in total. The highest BCUT2D eigenvalue weighted by atomic mass is 19.1. The molecule has 0 heterocycles. The lowest BCUT2D eigenvalue weighted by Crippen LogP contribution is -2.51. The monoisotopic (exact) mass is 371 g/mol. The molecule has 0 aliphatic heterocycles. The molecule has 0 radical (unpaired) electrons. The number of ether oxygens (including phenoxy) is 1. The Morgan fingerprint density at radius 1 is 1.11 bits per heavy atom. The Morgan fingerprint density at radius 2 is 1.74 bits per heavy atom. The zero-order valence-electron chi connectivity index (χ0n) is 15.5. The smallest absolute Gasteiger partial charge is 0.331 e. The van der Waals surface area contributed by atoms with Crippen molar-refractivity contribution in [2.75, 3.05) is 13.2 Å². The van der Waals surface area contributed by atoms with E-state index in [0.29, 0.717) is 12.1 Å². The fourth-order valence-electron chi connectivity index (χ4n) is 5.80. The van der Waals surface area contributed by atoms with E-state index in [-0.39, 0.29) is 17.9 Å². The largest absolute Gasteiger partial charge is 0.452 e. The maximum atomic E-state index is 13.5. The van der Waals surface area contributed by atoms with Crippen molar-refractivity contribution >= 4 is 18.0 Å². The number of carbonyl (C=O) groups excluding carboxylic acids is 2. The Hall–Kier alpha value is -2.17. The summed E-state index contributed by atoms with van der Waals surface area (Å²) in [6.45, 7) is 0.394. The van der Waals surface area contributed by atoms with E-state index >= 15 is 0 Å². The second-order valence-corrected chi connectivity index (χ2v) is 8.66. The van der Waals surface area contributed by atoms with Crippen LogP contribution in [-0.2, 0) is 14.3 Å². The number of benzene rings is 1. The number of carbonyl (C=O) groups is 2. The van der Waals surface area contributed by atoms with Gasteiger partial charge in [-0.1, -0.05) is 18.2 Å². The van der Waals surface area contributed by atoms with Crippen molar-refractivity contribution in [2.24, 2.45) is 23.2 Å². The van der Waals surface area contributed by atoms with Gasteiger partial charge in [0, 0.05) is 18.2 Å². The molecule has 1 aromatic carbocycles. The second-order valence-electron chi connectivity index (χ2n) is 8.66. The van der Waals surface area contributed by atoms with Gasteiger partial charge in [0.1, 0.15) is 5.82 Å². The van der Waals surface area contributed by atoms with Crippen LogP contribution in [-0.4, -0.2) is 25.0 Å². The van der Waals surface area contributed by atoms with E-state index in [1.165, 1.54) is 50.7 Å². The molecule has 0 saturated heterocycles. The number of halogens is 1. The molecule has 1 amide bonds. The predicted octanol–water partition coefficient (Wildman–Crippen LogP) is 3.71. The van der Waals surface area contributed by atoms with E-state index in [9.17, 15) is 14.0 Å². The highest BCUT2D eigenvalue weighted by Crippen LogP contribution is 2.59. The van der Waals surface area contributed by atoms with Gasteiger partial charge in [0.25, 0.3) is 5.91 Å². The lowest BCUT2D eigenvalue weighted by molar-refractivity contribution is -0.144. The van der Waals surface area contributed by atoms with Gasteiger partial charge < -0.3 is 10.1 Å². The van der Waals surface area contributed by atoms with Crippen LogP contribution >= 0.6 is 0 Å². The van der Waals surface area contributed by atoms with Gasteiger partial charge in [0.15, 0.2) is 6.61 Å². The topological polar surface area (TPSA) is 55.4 Å². The summed E-state index contributed by atoms with van der Waals surface area (Å²) in [4.78, 5) is 23.8. The Bertz CT molecular complexity index is 722. The van der Waals surface area contributed by atoms with Crippen LogP contribution in [0.15, 0.2) is 30.3 Å². The molecule has 0 spiro atoms. The average Bonchev–Trinajstić information content (AvgIpc) is 2.63. The lowest BCUT2D eigenvalue weighted by Gasteiger charge is -2.56. The van der Waals surface area contributed by atoms with Gasteiger partial charge in [-0.05, 0) is 73.8 Å². The Labute approximate surface area is 159 Å². The highest BCUT2D eigenvalue weighted by Gasteiger charge is 2.50. The molecule has 1 aromatic rings. The third-order valence-electron chi connectivity index (χ3n) is 6.48. The Morgan fingerprint density at radius 3 is 2.37 bits per heavy atom. The summed E-state index contributed by atoms with van der Waals surface area (Å²) in [6.07, 6.45) is 10.3. The Kier molecular flexibility index (Phi) is 5.02. The molecule has 4 fully saturated rings. The van der Waals surface area contributed by atoms with Crippen molar-refractivity contribution in [1.29, 1.82) is 0 Å². The zero-order valence-corrected chi connectivity index (χ0v) is 15.5. The highest BCUT2D eigenvalue weighted by molar-refractivity contribution is 5.89. The number of esters is 1. The standard InChI is InChI=1S/C22H26FNO3/c23-19-4-2-1-3-18(19)5-6-21(26)27-13-20(25)24-14-22-10-15-7-16(11-22)9-17(8-15)12-22/h1-6,15-17H,7-14H2,(H,24,25)/b6-5+. The molecular weight excluding hydrogens is 345 g/mol. The minimum Gasteiger partial charge on any atom is -0.452 e. The van der Waals surface area contributed by atoms with Gasteiger partial charge in [-0.3, -0.25) is 4.79 Å². The SMILES string of the molecule is O=C(COC(=O)/C=C/c1ccccc1F)NCC12CC3CC(CC(C3)C1)C2. The molecule has 27 heavy (non-hydrogen) atoms. The second kappa shape index (κ2) is 7.45. The molecule has 5 heteroatoms. The summed E-state index contributed by atoms with van der Waals surface area (Å²) in [5.41, 5.74) is 0.569. The molecule has 1 N–H and O–H groups in total. The first-order valence-corrected chi connectivity index (χ1v) is 9.87. The molecule has 5 rings (SSSR count). The van der Waals surface area contributed by atoms with E-state index in [1.54, 1.807) is 18.2 Å². The van der Waals surface area contributed by atoms with E-state index in [2.05, 4.69) is 5.32 Å². The maximum Gasteiger partial charge on any atom is 0.331 e. The lowest BCUT2D eigenvalue weighted by atomic mass is 9.49. The molecule has 4 saturated carbocycles. The summed E-state index contributed by atoms with van der Waals surface area (Å²) in [7, 11) is 0. The van der Waals surface area contributed by atoms with Gasteiger partial charge in [-0.25, -0.2) is 9.18 Å². The van der Waals surface area contributed by atoms with Gasteiger partial charge in [0.2, 0.25) is 0 Å². The van der Waals surface area contributed by atoms with Gasteiger partial charge >= 0.3 is 5.97 Å². The van der Waals surface area contributed by atoms with Crippen LogP contribution < -0.4 is 5.32 Å². The molecule has 0 unspecified atom stereocenters. The molecule has 0 aromatic heterocycles. The van der Waals surface area contributed by atoms with Crippen LogP contribution in [0, 0.1) is 29.0 Å². The first-order valence-electron chi connectivity index (χ1n) is 9.87. The zero-order chi connectivity index (χ0) is 18.9. The summed E-state index contributed by atoms with van der Waals surface area (Å²) in [5.74, 6) is 1.20. The van der Waals surface area contributed by atoms with E-state index in [1.807, 2.05) is 0 Å². The normalized spacial score (nSPS) is 31.2. The van der Waals surface area contributed by atoms with Crippen LogP contribution in [0.4, 0.5) is 4.39 Å². The van der Waals surface area contributed by atoms with Crippen LogP contribution in [0.5, 0.6) is 0 Å². The molecule has 4 aliphatic carbocycles. The molecular formula is C22H26FNO3.